The summed E-state index contributed by atoms with van der Waals surface area (Å²) in [5.41, 5.74) is 3.64. The van der Waals surface area contributed by atoms with Crippen LogP contribution in [0.3, 0.4) is 0 Å². The summed E-state index contributed by atoms with van der Waals surface area (Å²) in [4.78, 5) is 11.9. The molecule has 0 bridgehead atoms. The summed E-state index contributed by atoms with van der Waals surface area (Å²) >= 11 is 3.38. The van der Waals surface area contributed by atoms with Crippen molar-refractivity contribution < 1.29 is 4.79 Å². The maximum absolute atomic E-state index is 11.9. The van der Waals surface area contributed by atoms with Crippen LogP contribution < -0.4 is 15.8 Å². The van der Waals surface area contributed by atoms with E-state index in [1.807, 2.05) is 31.2 Å². The van der Waals surface area contributed by atoms with Gasteiger partial charge < -0.3 is 5.32 Å². The molecular formula is C12H16BrN3O. The zero-order valence-corrected chi connectivity index (χ0v) is 11.7. The number of hydrogen-bond acceptors (Lipinski definition) is 2. The van der Waals surface area contributed by atoms with Gasteiger partial charge in [0.15, 0.2) is 0 Å². The molecule has 2 amide bonds. The van der Waals surface area contributed by atoms with Crippen LogP contribution in [0.25, 0.3) is 0 Å². The summed E-state index contributed by atoms with van der Waals surface area (Å²) in [7, 11) is 0. The molecule has 1 heterocycles. The number of carbonyl (C=O) groups is 1. The van der Waals surface area contributed by atoms with Gasteiger partial charge in [-0.25, -0.2) is 15.2 Å². The van der Waals surface area contributed by atoms with E-state index in [0.29, 0.717) is 5.92 Å². The van der Waals surface area contributed by atoms with Crippen molar-refractivity contribution in [3.05, 3.63) is 28.7 Å². The van der Waals surface area contributed by atoms with Crippen molar-refractivity contribution in [2.75, 3.05) is 5.01 Å². The van der Waals surface area contributed by atoms with Crippen LogP contribution in [-0.2, 0) is 0 Å². The van der Waals surface area contributed by atoms with Crippen LogP contribution in [0.1, 0.15) is 20.8 Å². The van der Waals surface area contributed by atoms with E-state index in [2.05, 4.69) is 40.5 Å². The third-order valence-corrected chi connectivity index (χ3v) is 3.68. The Labute approximate surface area is 109 Å². The van der Waals surface area contributed by atoms with Gasteiger partial charge in [0.05, 0.1) is 5.69 Å². The van der Waals surface area contributed by atoms with Gasteiger partial charge in [0.2, 0.25) is 0 Å². The molecule has 5 heteroatoms. The molecule has 0 saturated carbocycles. The number of rotatable bonds is 2. The Kier molecular flexibility index (Phi) is 3.14. The quantitative estimate of drug-likeness (QED) is 0.882. The van der Waals surface area contributed by atoms with Gasteiger partial charge in [-0.05, 0) is 37.1 Å². The summed E-state index contributed by atoms with van der Waals surface area (Å²) < 4.78 is 0.993. The summed E-state index contributed by atoms with van der Waals surface area (Å²) in [5, 5.41) is 4.51. The van der Waals surface area contributed by atoms with Gasteiger partial charge in [-0.15, -0.1) is 0 Å². The van der Waals surface area contributed by atoms with E-state index >= 15 is 0 Å². The average Bonchev–Trinajstić information content (AvgIpc) is 2.57. The number of nitrogens with one attached hydrogen (secondary N) is 2. The van der Waals surface area contributed by atoms with Gasteiger partial charge in [0.25, 0.3) is 0 Å². The summed E-state index contributed by atoms with van der Waals surface area (Å²) in [5.74, 6) is 0.298. The van der Waals surface area contributed by atoms with E-state index in [4.69, 9.17) is 0 Å². The fourth-order valence-corrected chi connectivity index (χ4v) is 1.90. The van der Waals surface area contributed by atoms with E-state index in [0.717, 1.165) is 10.2 Å². The lowest BCUT2D eigenvalue weighted by Gasteiger charge is -2.28. The lowest BCUT2D eigenvalue weighted by atomic mass is 10.00. The zero-order valence-electron chi connectivity index (χ0n) is 10.1. The Morgan fingerprint density at radius 2 is 1.88 bits per heavy atom. The van der Waals surface area contributed by atoms with Crippen LogP contribution in [0.4, 0.5) is 10.5 Å². The fourth-order valence-electron chi connectivity index (χ4n) is 1.63. The first-order chi connectivity index (χ1) is 7.92. The maximum atomic E-state index is 11.9. The molecule has 2 N–H and O–H groups in total. The van der Waals surface area contributed by atoms with E-state index in [1.165, 1.54) is 0 Å². The van der Waals surface area contributed by atoms with Gasteiger partial charge >= 0.3 is 6.03 Å². The molecule has 0 aromatic heterocycles. The minimum atomic E-state index is -0.399. The van der Waals surface area contributed by atoms with Crippen molar-refractivity contribution in [1.82, 2.24) is 10.7 Å². The highest BCUT2D eigenvalue weighted by molar-refractivity contribution is 9.10. The van der Waals surface area contributed by atoms with Crippen molar-refractivity contribution in [3.8, 4) is 0 Å². The highest BCUT2D eigenvalue weighted by Crippen LogP contribution is 2.24. The Hall–Kier alpha value is -1.07. The molecular weight excluding hydrogens is 282 g/mol. The predicted octanol–water partition coefficient (Wildman–Crippen LogP) is 2.86. The third-order valence-electron chi connectivity index (χ3n) is 3.15. The number of carbonyl (C=O) groups excluding carboxylic acids is 1. The Morgan fingerprint density at radius 3 is 2.35 bits per heavy atom. The zero-order chi connectivity index (χ0) is 12.6. The van der Waals surface area contributed by atoms with Crippen LogP contribution in [-0.4, -0.2) is 11.7 Å². The molecule has 0 radical (unpaired) electrons. The van der Waals surface area contributed by atoms with Crippen LogP contribution in [0.2, 0.25) is 0 Å². The molecule has 1 saturated heterocycles. The van der Waals surface area contributed by atoms with Gasteiger partial charge in [0, 0.05) is 4.47 Å². The molecule has 2 rings (SSSR count). The molecule has 0 spiro atoms. The number of amides is 2. The largest absolute Gasteiger partial charge is 0.338 e. The molecule has 0 aliphatic carbocycles. The standard InChI is InChI=1S/C12H16BrN3O/c1-8(2)12(3)14-11(17)16(15-12)10-6-4-9(13)5-7-10/h4-8,15H,1-3H3,(H,14,17)/t12-/m0/s1. The van der Waals surface area contributed by atoms with Crippen molar-refractivity contribution in [3.63, 3.8) is 0 Å². The number of hydrogen-bond donors (Lipinski definition) is 2. The molecule has 1 atom stereocenters. The van der Waals surface area contributed by atoms with E-state index in [1.54, 1.807) is 5.01 Å². The topological polar surface area (TPSA) is 44.4 Å². The van der Waals surface area contributed by atoms with Gasteiger partial charge in [-0.1, -0.05) is 29.8 Å². The first kappa shape index (κ1) is 12.4. The lowest BCUT2D eigenvalue weighted by molar-refractivity contribution is 0.236. The molecule has 1 aromatic rings. The highest BCUT2D eigenvalue weighted by atomic mass is 79.9. The lowest BCUT2D eigenvalue weighted by Crippen LogP contribution is -2.52. The minimum absolute atomic E-state index is 0.122. The van der Waals surface area contributed by atoms with Crippen LogP contribution in [0.15, 0.2) is 28.7 Å². The number of urea groups is 1. The second kappa shape index (κ2) is 4.31. The predicted molar refractivity (Wildman–Crippen MR) is 71.5 cm³/mol. The van der Waals surface area contributed by atoms with Crippen LogP contribution in [0, 0.1) is 5.92 Å². The highest BCUT2D eigenvalue weighted by Gasteiger charge is 2.41. The normalized spacial score (nSPS) is 24.3. The van der Waals surface area contributed by atoms with Crippen molar-refractivity contribution in [1.29, 1.82) is 0 Å². The molecule has 0 unspecified atom stereocenters. The first-order valence-corrected chi connectivity index (χ1v) is 6.37. The van der Waals surface area contributed by atoms with E-state index in [-0.39, 0.29) is 6.03 Å². The Morgan fingerprint density at radius 1 is 1.29 bits per heavy atom. The smallest absolute Gasteiger partial charge is 0.317 e. The molecule has 1 aliphatic heterocycles. The number of nitrogens with zero attached hydrogens (tertiary/aromatic N) is 1. The summed E-state index contributed by atoms with van der Waals surface area (Å²) in [6, 6.07) is 7.49. The van der Waals surface area contributed by atoms with Gasteiger partial charge in [-0.2, -0.15) is 0 Å². The number of anilines is 1. The Balaban J connectivity index is 2.24. The molecule has 92 valence electrons. The van der Waals surface area contributed by atoms with Crippen molar-refractivity contribution in [2.24, 2.45) is 5.92 Å². The number of halogens is 1. The first-order valence-electron chi connectivity index (χ1n) is 5.58. The van der Waals surface area contributed by atoms with Gasteiger partial charge in [0.1, 0.15) is 5.66 Å². The van der Waals surface area contributed by atoms with Crippen molar-refractivity contribution in [2.45, 2.75) is 26.4 Å². The summed E-state index contributed by atoms with van der Waals surface area (Å²) in [6.07, 6.45) is 0. The minimum Gasteiger partial charge on any atom is -0.317 e. The number of benzene rings is 1. The third kappa shape index (κ3) is 2.30. The molecule has 1 aromatic carbocycles. The second-order valence-electron chi connectivity index (χ2n) is 4.71. The Bertz CT molecular complexity index is 432. The monoisotopic (exact) mass is 297 g/mol. The second-order valence-corrected chi connectivity index (χ2v) is 5.63. The fraction of sp³-hybridized carbons (Fsp3) is 0.417. The molecule has 1 aliphatic rings. The molecule has 4 nitrogen and oxygen atoms in total. The van der Waals surface area contributed by atoms with E-state index in [9.17, 15) is 4.79 Å². The molecule has 1 fully saturated rings. The van der Waals surface area contributed by atoms with Crippen molar-refractivity contribution >= 4 is 27.6 Å². The van der Waals surface area contributed by atoms with Crippen LogP contribution >= 0.6 is 15.9 Å². The summed E-state index contributed by atoms with van der Waals surface area (Å²) in [6.45, 7) is 6.12. The average molecular weight is 298 g/mol. The SMILES string of the molecule is CC(C)[C@@]1(C)NC(=O)N(c2ccc(Br)cc2)N1. The number of hydrazine groups is 1. The van der Waals surface area contributed by atoms with Crippen LogP contribution in [0.5, 0.6) is 0 Å². The van der Waals surface area contributed by atoms with Gasteiger partial charge in [-0.3, -0.25) is 0 Å². The molecule has 17 heavy (non-hydrogen) atoms. The maximum Gasteiger partial charge on any atom is 0.338 e. The van der Waals surface area contributed by atoms with E-state index < -0.39 is 5.66 Å².